The van der Waals surface area contributed by atoms with E-state index in [0.717, 1.165) is 19.4 Å². The molecule has 130 valence electrons. The lowest BCUT2D eigenvalue weighted by Gasteiger charge is -2.34. The van der Waals surface area contributed by atoms with E-state index >= 15 is 0 Å². The number of nitrogens with zero attached hydrogens (tertiary/aromatic N) is 3. The number of carbonyl (C=O) groups excluding carboxylic acids is 1. The lowest BCUT2D eigenvalue weighted by atomic mass is 10.1. The predicted molar refractivity (Wildman–Crippen MR) is 87.7 cm³/mol. The summed E-state index contributed by atoms with van der Waals surface area (Å²) in [5.41, 5.74) is 1.42. The van der Waals surface area contributed by atoms with Crippen LogP contribution in [-0.4, -0.2) is 30.1 Å². The highest BCUT2D eigenvalue weighted by molar-refractivity contribution is 5.87. The molecule has 0 saturated carbocycles. The number of halogens is 1. The number of ether oxygens (including phenoxy) is 1. The highest BCUT2D eigenvalue weighted by Gasteiger charge is 2.27. The van der Waals surface area contributed by atoms with Crippen molar-refractivity contribution < 1.29 is 18.3 Å². The molecule has 25 heavy (non-hydrogen) atoms. The van der Waals surface area contributed by atoms with Crippen LogP contribution in [0.1, 0.15) is 40.5 Å². The number of carbonyl (C=O) groups is 1. The summed E-state index contributed by atoms with van der Waals surface area (Å²) >= 11 is 0. The van der Waals surface area contributed by atoms with Crippen molar-refractivity contribution in [1.82, 2.24) is 4.98 Å². The number of oxazole rings is 1. The SMILES string of the molecule is Cc1nc(C)c(C(=O)O[C@H]2CCCN(c3ccc(F)cc3C#N)C2)o1. The van der Waals surface area contributed by atoms with E-state index in [0.29, 0.717) is 23.8 Å². The fourth-order valence-electron chi connectivity index (χ4n) is 3.05. The minimum absolute atomic E-state index is 0.120. The maximum absolute atomic E-state index is 13.3. The lowest BCUT2D eigenvalue weighted by Crippen LogP contribution is -2.41. The largest absolute Gasteiger partial charge is 0.455 e. The summed E-state index contributed by atoms with van der Waals surface area (Å²) in [5, 5.41) is 9.22. The maximum Gasteiger partial charge on any atom is 0.376 e. The molecule has 0 aliphatic carbocycles. The summed E-state index contributed by atoms with van der Waals surface area (Å²) in [7, 11) is 0. The van der Waals surface area contributed by atoms with Crippen LogP contribution in [0, 0.1) is 31.0 Å². The molecule has 1 atom stereocenters. The lowest BCUT2D eigenvalue weighted by molar-refractivity contribution is 0.0232. The molecule has 0 unspecified atom stereocenters. The average molecular weight is 343 g/mol. The maximum atomic E-state index is 13.3. The van der Waals surface area contributed by atoms with E-state index in [1.807, 2.05) is 11.0 Å². The van der Waals surface area contributed by atoms with Gasteiger partial charge in [-0.3, -0.25) is 0 Å². The van der Waals surface area contributed by atoms with E-state index < -0.39 is 11.8 Å². The van der Waals surface area contributed by atoms with Gasteiger partial charge in [-0.25, -0.2) is 14.2 Å². The van der Waals surface area contributed by atoms with Gasteiger partial charge in [-0.15, -0.1) is 0 Å². The number of aryl methyl sites for hydroxylation is 2. The second kappa shape index (κ2) is 6.93. The van der Waals surface area contributed by atoms with Crippen molar-refractivity contribution in [2.24, 2.45) is 0 Å². The quantitative estimate of drug-likeness (QED) is 0.797. The third-order valence-corrected chi connectivity index (χ3v) is 4.16. The Balaban J connectivity index is 1.73. The van der Waals surface area contributed by atoms with E-state index in [2.05, 4.69) is 4.98 Å². The molecule has 0 amide bonds. The number of hydrogen-bond donors (Lipinski definition) is 0. The summed E-state index contributed by atoms with van der Waals surface area (Å²) < 4.78 is 24.2. The van der Waals surface area contributed by atoms with E-state index in [-0.39, 0.29) is 17.4 Å². The zero-order valence-corrected chi connectivity index (χ0v) is 14.1. The molecule has 1 fully saturated rings. The number of nitriles is 1. The van der Waals surface area contributed by atoms with E-state index in [1.165, 1.54) is 12.1 Å². The van der Waals surface area contributed by atoms with Crippen molar-refractivity contribution in [3.8, 4) is 6.07 Å². The number of rotatable bonds is 3. The summed E-state index contributed by atoms with van der Waals surface area (Å²) in [6, 6.07) is 6.14. The van der Waals surface area contributed by atoms with Crippen LogP contribution in [0.4, 0.5) is 10.1 Å². The standard InChI is InChI=1S/C18H18FN3O3/c1-11-17(24-12(2)21-11)18(23)25-15-4-3-7-22(10-15)16-6-5-14(19)8-13(16)9-20/h5-6,8,15H,3-4,7,10H2,1-2H3/t15-/m0/s1. The zero-order chi connectivity index (χ0) is 18.0. The van der Waals surface area contributed by atoms with Gasteiger partial charge in [0.15, 0.2) is 5.89 Å². The van der Waals surface area contributed by atoms with Gasteiger partial charge in [0, 0.05) is 13.5 Å². The van der Waals surface area contributed by atoms with Crippen LogP contribution in [-0.2, 0) is 4.74 Å². The van der Waals surface area contributed by atoms with Gasteiger partial charge in [0.05, 0.1) is 23.5 Å². The fraction of sp³-hybridized carbons (Fsp3) is 0.389. The highest BCUT2D eigenvalue weighted by atomic mass is 19.1. The monoisotopic (exact) mass is 343 g/mol. The summed E-state index contributed by atoms with van der Waals surface area (Å²) in [6.45, 7) is 4.52. The minimum atomic E-state index is -0.537. The average Bonchev–Trinajstić information content (AvgIpc) is 2.93. The van der Waals surface area contributed by atoms with Crippen LogP contribution in [0.2, 0.25) is 0 Å². The van der Waals surface area contributed by atoms with Crippen molar-refractivity contribution in [3.63, 3.8) is 0 Å². The van der Waals surface area contributed by atoms with Crippen molar-refractivity contribution in [1.29, 1.82) is 5.26 Å². The van der Waals surface area contributed by atoms with Gasteiger partial charge in [0.2, 0.25) is 5.76 Å². The van der Waals surface area contributed by atoms with Crippen molar-refractivity contribution in [2.45, 2.75) is 32.8 Å². The third-order valence-electron chi connectivity index (χ3n) is 4.16. The van der Waals surface area contributed by atoms with E-state index in [9.17, 15) is 14.4 Å². The fourth-order valence-corrected chi connectivity index (χ4v) is 3.05. The van der Waals surface area contributed by atoms with Gasteiger partial charge in [-0.2, -0.15) is 5.26 Å². The molecule has 1 aliphatic rings. The van der Waals surface area contributed by atoms with Crippen molar-refractivity contribution in [2.75, 3.05) is 18.0 Å². The molecule has 6 nitrogen and oxygen atoms in total. The van der Waals surface area contributed by atoms with Gasteiger partial charge in [-0.05, 0) is 38.0 Å². The first-order valence-corrected chi connectivity index (χ1v) is 8.07. The summed E-state index contributed by atoms with van der Waals surface area (Å²) in [5.74, 6) is -0.449. The normalized spacial score (nSPS) is 17.2. The van der Waals surface area contributed by atoms with Crippen LogP contribution in [0.25, 0.3) is 0 Å². The van der Waals surface area contributed by atoms with Crippen LogP contribution >= 0.6 is 0 Å². The third kappa shape index (κ3) is 3.63. The molecule has 3 rings (SSSR count). The first-order valence-electron chi connectivity index (χ1n) is 8.07. The molecule has 1 aromatic heterocycles. The number of esters is 1. The van der Waals surface area contributed by atoms with Crippen LogP contribution in [0.15, 0.2) is 22.6 Å². The summed E-state index contributed by atoms with van der Waals surface area (Å²) in [4.78, 5) is 18.3. The number of anilines is 1. The molecular weight excluding hydrogens is 325 g/mol. The first kappa shape index (κ1) is 17.0. The molecule has 0 bridgehead atoms. The first-order chi connectivity index (χ1) is 12.0. The molecule has 7 heteroatoms. The predicted octanol–water partition coefficient (Wildman–Crippen LogP) is 3.13. The molecule has 1 saturated heterocycles. The Morgan fingerprint density at radius 1 is 1.48 bits per heavy atom. The number of piperidine rings is 1. The molecular formula is C18H18FN3O3. The van der Waals surface area contributed by atoms with Crippen LogP contribution in [0.5, 0.6) is 0 Å². The Hall–Kier alpha value is -2.88. The van der Waals surface area contributed by atoms with Gasteiger partial charge in [0.1, 0.15) is 18.0 Å². The second-order valence-corrected chi connectivity index (χ2v) is 6.04. The number of aromatic nitrogens is 1. The van der Waals surface area contributed by atoms with Crippen molar-refractivity contribution in [3.05, 3.63) is 46.9 Å². The van der Waals surface area contributed by atoms with Gasteiger partial charge < -0.3 is 14.1 Å². The number of hydrogen-bond acceptors (Lipinski definition) is 6. The van der Waals surface area contributed by atoms with Crippen LogP contribution < -0.4 is 4.90 Å². The molecule has 1 aliphatic heterocycles. The minimum Gasteiger partial charge on any atom is -0.455 e. The molecule has 0 radical (unpaired) electrons. The Bertz CT molecular complexity index is 841. The molecule has 2 aromatic rings. The van der Waals surface area contributed by atoms with E-state index in [4.69, 9.17) is 9.15 Å². The molecule has 0 spiro atoms. The van der Waals surface area contributed by atoms with Gasteiger partial charge in [0.25, 0.3) is 0 Å². The molecule has 1 aromatic carbocycles. The smallest absolute Gasteiger partial charge is 0.376 e. The Morgan fingerprint density at radius 3 is 2.96 bits per heavy atom. The Morgan fingerprint density at radius 2 is 2.28 bits per heavy atom. The topological polar surface area (TPSA) is 79.4 Å². The van der Waals surface area contributed by atoms with Gasteiger partial charge in [-0.1, -0.05) is 0 Å². The van der Waals surface area contributed by atoms with Crippen LogP contribution in [0.3, 0.4) is 0 Å². The molecule has 0 N–H and O–H groups in total. The van der Waals surface area contributed by atoms with Gasteiger partial charge >= 0.3 is 5.97 Å². The Kier molecular flexibility index (Phi) is 4.70. The van der Waals surface area contributed by atoms with E-state index in [1.54, 1.807) is 19.9 Å². The van der Waals surface area contributed by atoms with Crippen molar-refractivity contribution >= 4 is 11.7 Å². The Labute approximate surface area is 144 Å². The summed E-state index contributed by atoms with van der Waals surface area (Å²) in [6.07, 6.45) is 1.19. The zero-order valence-electron chi connectivity index (χ0n) is 14.1. The number of benzene rings is 1. The second-order valence-electron chi connectivity index (χ2n) is 6.04. The highest BCUT2D eigenvalue weighted by Crippen LogP contribution is 2.26. The molecule has 2 heterocycles.